The maximum absolute atomic E-state index is 12.0. The molecule has 0 radical (unpaired) electrons. The predicted octanol–water partition coefficient (Wildman–Crippen LogP) is 4.04. The Bertz CT molecular complexity index is 563. The van der Waals surface area contributed by atoms with Gasteiger partial charge in [-0.3, -0.25) is 0 Å². The molecule has 0 fully saturated rings. The minimum absolute atomic E-state index is 0.0602. The summed E-state index contributed by atoms with van der Waals surface area (Å²) in [6, 6.07) is 13.8. The van der Waals surface area contributed by atoms with Crippen LogP contribution in [0.5, 0.6) is 0 Å². The molecule has 0 N–H and O–H groups in total. The van der Waals surface area contributed by atoms with Crippen LogP contribution in [-0.4, -0.2) is 17.1 Å². The third kappa shape index (κ3) is 2.89. The Hall–Kier alpha value is -1.55. The van der Waals surface area contributed by atoms with E-state index in [0.29, 0.717) is 12.3 Å². The predicted molar refractivity (Wildman–Crippen MR) is 78.3 cm³/mol. The van der Waals surface area contributed by atoms with Crippen LogP contribution in [0.15, 0.2) is 47.1 Å². The van der Waals surface area contributed by atoms with Crippen LogP contribution in [0.4, 0.5) is 0 Å². The molecule has 2 aromatic rings. The Balaban J connectivity index is 2.39. The third-order valence-corrected chi connectivity index (χ3v) is 3.67. The monoisotopic (exact) mass is 321 g/mol. The summed E-state index contributed by atoms with van der Waals surface area (Å²) in [7, 11) is 0. The van der Waals surface area contributed by atoms with Crippen molar-refractivity contribution in [2.45, 2.75) is 19.9 Å². The summed E-state index contributed by atoms with van der Waals surface area (Å²) in [5.41, 5.74) is 1.70. The molecule has 3 nitrogen and oxygen atoms in total. The Morgan fingerprint density at radius 3 is 2.58 bits per heavy atom. The maximum atomic E-state index is 12.0. The summed E-state index contributed by atoms with van der Waals surface area (Å²) >= 11 is 3.49. The van der Waals surface area contributed by atoms with Gasteiger partial charge in [0.1, 0.15) is 5.69 Å². The Kier molecular flexibility index (Phi) is 4.43. The molecular weight excluding hydrogens is 306 g/mol. The molecule has 0 aliphatic rings. The lowest BCUT2D eigenvalue weighted by Crippen LogP contribution is -2.16. The summed E-state index contributed by atoms with van der Waals surface area (Å²) < 4.78 is 7.89. The van der Waals surface area contributed by atoms with Gasteiger partial charge in [0.05, 0.1) is 17.3 Å². The highest BCUT2D eigenvalue weighted by Gasteiger charge is 2.19. The van der Waals surface area contributed by atoms with E-state index in [2.05, 4.69) is 22.9 Å². The molecular formula is C15H16BrNO2. The second-order valence-electron chi connectivity index (χ2n) is 4.22. The van der Waals surface area contributed by atoms with Crippen LogP contribution in [0.1, 0.15) is 35.9 Å². The van der Waals surface area contributed by atoms with E-state index < -0.39 is 0 Å². The lowest BCUT2D eigenvalue weighted by atomic mass is 10.1. The number of hydrogen-bond acceptors (Lipinski definition) is 2. The molecule has 100 valence electrons. The van der Waals surface area contributed by atoms with Gasteiger partial charge in [-0.05, 0) is 47.5 Å². The zero-order valence-corrected chi connectivity index (χ0v) is 12.6. The minimum Gasteiger partial charge on any atom is -0.461 e. The number of esters is 1. The Morgan fingerprint density at radius 1 is 1.26 bits per heavy atom. The van der Waals surface area contributed by atoms with Crippen molar-refractivity contribution in [2.24, 2.45) is 0 Å². The SMILES string of the molecule is CCOC(=O)c1ccc(Br)n1C(C)c1ccccc1. The zero-order valence-electron chi connectivity index (χ0n) is 11.0. The van der Waals surface area contributed by atoms with Gasteiger partial charge >= 0.3 is 5.97 Å². The van der Waals surface area contributed by atoms with Crippen molar-refractivity contribution in [2.75, 3.05) is 6.61 Å². The first-order chi connectivity index (χ1) is 9.15. The summed E-state index contributed by atoms with van der Waals surface area (Å²) in [5.74, 6) is -0.295. The van der Waals surface area contributed by atoms with E-state index in [1.807, 2.05) is 41.0 Å². The van der Waals surface area contributed by atoms with E-state index >= 15 is 0 Å². The van der Waals surface area contributed by atoms with E-state index in [1.165, 1.54) is 0 Å². The van der Waals surface area contributed by atoms with Crippen molar-refractivity contribution in [3.05, 3.63) is 58.3 Å². The molecule has 1 aromatic heterocycles. The van der Waals surface area contributed by atoms with Crippen LogP contribution in [0, 0.1) is 0 Å². The van der Waals surface area contributed by atoms with Gasteiger partial charge in [0.25, 0.3) is 0 Å². The van der Waals surface area contributed by atoms with Gasteiger partial charge < -0.3 is 9.30 Å². The van der Waals surface area contributed by atoms with Crippen molar-refractivity contribution in [1.82, 2.24) is 4.57 Å². The van der Waals surface area contributed by atoms with Gasteiger partial charge in [0, 0.05) is 0 Å². The van der Waals surface area contributed by atoms with Gasteiger partial charge in [-0.25, -0.2) is 4.79 Å². The number of hydrogen-bond donors (Lipinski definition) is 0. The molecule has 0 saturated heterocycles. The summed E-state index contributed by atoms with van der Waals surface area (Å²) in [6.07, 6.45) is 0. The van der Waals surface area contributed by atoms with Crippen LogP contribution >= 0.6 is 15.9 Å². The molecule has 0 bridgehead atoms. The molecule has 1 aromatic carbocycles. The fourth-order valence-corrected chi connectivity index (χ4v) is 2.70. The summed E-state index contributed by atoms with van der Waals surface area (Å²) in [4.78, 5) is 12.0. The van der Waals surface area contributed by atoms with E-state index in [-0.39, 0.29) is 12.0 Å². The molecule has 0 spiro atoms. The standard InChI is InChI=1S/C15H16BrNO2/c1-3-19-15(18)13-9-10-14(16)17(13)11(2)12-7-5-4-6-8-12/h4-11H,3H2,1-2H3. The van der Waals surface area contributed by atoms with Crippen molar-refractivity contribution in [3.63, 3.8) is 0 Å². The van der Waals surface area contributed by atoms with E-state index in [9.17, 15) is 4.79 Å². The number of aromatic nitrogens is 1. The molecule has 4 heteroatoms. The Labute approximate surface area is 121 Å². The Morgan fingerprint density at radius 2 is 1.95 bits per heavy atom. The number of nitrogens with zero attached hydrogens (tertiary/aromatic N) is 1. The van der Waals surface area contributed by atoms with Gasteiger partial charge in [-0.15, -0.1) is 0 Å². The smallest absolute Gasteiger partial charge is 0.354 e. The largest absolute Gasteiger partial charge is 0.461 e. The molecule has 0 aliphatic carbocycles. The van der Waals surface area contributed by atoms with Crippen LogP contribution in [0.25, 0.3) is 0 Å². The lowest BCUT2D eigenvalue weighted by Gasteiger charge is -2.18. The molecule has 1 heterocycles. The molecule has 0 aliphatic heterocycles. The number of rotatable bonds is 4. The first-order valence-electron chi connectivity index (χ1n) is 6.24. The second kappa shape index (κ2) is 6.06. The van der Waals surface area contributed by atoms with Crippen molar-refractivity contribution in [1.29, 1.82) is 0 Å². The van der Waals surface area contributed by atoms with Gasteiger partial charge in [0.2, 0.25) is 0 Å². The number of carbonyl (C=O) groups excluding carboxylic acids is 1. The van der Waals surface area contributed by atoms with Crippen molar-refractivity contribution >= 4 is 21.9 Å². The number of carbonyl (C=O) groups is 1. The molecule has 0 amide bonds. The minimum atomic E-state index is -0.295. The van der Waals surface area contributed by atoms with Crippen LogP contribution in [-0.2, 0) is 4.74 Å². The topological polar surface area (TPSA) is 31.2 Å². The van der Waals surface area contributed by atoms with Gasteiger partial charge in [0.15, 0.2) is 0 Å². The van der Waals surface area contributed by atoms with Crippen LogP contribution < -0.4 is 0 Å². The first kappa shape index (κ1) is 13.9. The van der Waals surface area contributed by atoms with Crippen molar-refractivity contribution in [3.8, 4) is 0 Å². The number of benzene rings is 1. The van der Waals surface area contributed by atoms with E-state index in [0.717, 1.165) is 10.2 Å². The fraction of sp³-hybridized carbons (Fsp3) is 0.267. The fourth-order valence-electron chi connectivity index (χ4n) is 2.07. The molecule has 19 heavy (non-hydrogen) atoms. The number of ether oxygens (including phenoxy) is 1. The quantitative estimate of drug-likeness (QED) is 0.796. The lowest BCUT2D eigenvalue weighted by molar-refractivity contribution is 0.0512. The number of halogens is 1. The normalized spacial score (nSPS) is 12.2. The van der Waals surface area contributed by atoms with Crippen LogP contribution in [0.2, 0.25) is 0 Å². The average Bonchev–Trinajstić information content (AvgIpc) is 2.81. The van der Waals surface area contributed by atoms with Crippen LogP contribution in [0.3, 0.4) is 0 Å². The molecule has 1 atom stereocenters. The first-order valence-corrected chi connectivity index (χ1v) is 7.03. The molecule has 1 unspecified atom stereocenters. The highest BCUT2D eigenvalue weighted by molar-refractivity contribution is 9.10. The van der Waals surface area contributed by atoms with E-state index in [4.69, 9.17) is 4.74 Å². The van der Waals surface area contributed by atoms with Gasteiger partial charge in [-0.2, -0.15) is 0 Å². The third-order valence-electron chi connectivity index (χ3n) is 3.02. The highest BCUT2D eigenvalue weighted by Crippen LogP contribution is 2.26. The van der Waals surface area contributed by atoms with Crippen molar-refractivity contribution < 1.29 is 9.53 Å². The summed E-state index contributed by atoms with van der Waals surface area (Å²) in [6.45, 7) is 4.24. The second-order valence-corrected chi connectivity index (χ2v) is 5.03. The maximum Gasteiger partial charge on any atom is 0.354 e. The van der Waals surface area contributed by atoms with E-state index in [1.54, 1.807) is 13.0 Å². The van der Waals surface area contributed by atoms with Gasteiger partial charge in [-0.1, -0.05) is 30.3 Å². The molecule has 2 rings (SSSR count). The highest BCUT2D eigenvalue weighted by atomic mass is 79.9. The molecule has 0 saturated carbocycles. The average molecular weight is 322 g/mol. The summed E-state index contributed by atoms with van der Waals surface area (Å²) in [5, 5.41) is 0. The zero-order chi connectivity index (χ0) is 13.8.